The molecule has 4 N–H and O–H groups in total. The second-order valence-corrected chi connectivity index (χ2v) is 2.88. The van der Waals surface area contributed by atoms with Gasteiger partial charge in [0.05, 0.1) is 0 Å². The highest BCUT2D eigenvalue weighted by Crippen LogP contribution is 2.05. The fraction of sp³-hybridized carbons (Fsp3) is 0.571. The molecule has 0 aromatic rings. The summed E-state index contributed by atoms with van der Waals surface area (Å²) in [5.74, 6) is -1.32. The molecular formula is C7H11N3O4. The molecule has 7 nitrogen and oxygen atoms in total. The molecule has 0 aromatic carbocycles. The molecule has 14 heavy (non-hydrogen) atoms. The van der Waals surface area contributed by atoms with E-state index in [1.807, 2.05) is 5.48 Å². The van der Waals surface area contributed by atoms with Crippen LogP contribution in [0, 0.1) is 0 Å². The van der Waals surface area contributed by atoms with Crippen molar-refractivity contribution in [2.24, 2.45) is 5.73 Å². The first-order valence-electron chi connectivity index (χ1n) is 4.09. The normalized spacial score (nSPS) is 20.3. The zero-order valence-corrected chi connectivity index (χ0v) is 7.41. The topological polar surface area (TPSA) is 111 Å². The lowest BCUT2D eigenvalue weighted by Gasteiger charge is -2.09. The van der Waals surface area contributed by atoms with Crippen LogP contribution in [0.5, 0.6) is 0 Å². The van der Waals surface area contributed by atoms with Crippen molar-refractivity contribution in [2.45, 2.75) is 18.9 Å². The van der Waals surface area contributed by atoms with Gasteiger partial charge in [0, 0.05) is 6.42 Å². The van der Waals surface area contributed by atoms with E-state index in [0.29, 0.717) is 12.8 Å². The van der Waals surface area contributed by atoms with Gasteiger partial charge < -0.3 is 11.1 Å². The highest BCUT2D eigenvalue weighted by atomic mass is 16.7. The van der Waals surface area contributed by atoms with Crippen molar-refractivity contribution in [2.75, 3.05) is 6.61 Å². The smallest absolute Gasteiger partial charge is 0.266 e. The van der Waals surface area contributed by atoms with Crippen molar-refractivity contribution < 1.29 is 19.2 Å². The molecule has 0 radical (unpaired) electrons. The van der Waals surface area contributed by atoms with Crippen LogP contribution in [0.15, 0.2) is 0 Å². The predicted molar refractivity (Wildman–Crippen MR) is 44.5 cm³/mol. The lowest BCUT2D eigenvalue weighted by molar-refractivity contribution is -0.140. The van der Waals surface area contributed by atoms with E-state index in [-0.39, 0.29) is 12.5 Å². The maximum Gasteiger partial charge on any atom is 0.266 e. The number of primary amides is 1. The molecule has 0 saturated carbocycles. The van der Waals surface area contributed by atoms with Crippen molar-refractivity contribution in [3.63, 3.8) is 0 Å². The maximum atomic E-state index is 11.2. The van der Waals surface area contributed by atoms with E-state index in [0.717, 1.165) is 0 Å². The van der Waals surface area contributed by atoms with Gasteiger partial charge in [-0.3, -0.25) is 19.2 Å². The Morgan fingerprint density at radius 1 is 1.64 bits per heavy atom. The summed E-state index contributed by atoms with van der Waals surface area (Å²) < 4.78 is 0. The van der Waals surface area contributed by atoms with Gasteiger partial charge in [-0.2, -0.15) is 0 Å². The number of hydrogen-bond donors (Lipinski definition) is 3. The number of carbonyl (C=O) groups is 3. The zero-order valence-electron chi connectivity index (χ0n) is 7.41. The van der Waals surface area contributed by atoms with Crippen LogP contribution in [-0.2, 0) is 19.2 Å². The van der Waals surface area contributed by atoms with Crippen LogP contribution in [-0.4, -0.2) is 30.4 Å². The maximum absolute atomic E-state index is 11.2. The Hall–Kier alpha value is -1.63. The number of carbonyl (C=O) groups excluding carboxylic acids is 3. The van der Waals surface area contributed by atoms with E-state index in [1.165, 1.54) is 0 Å². The monoisotopic (exact) mass is 201 g/mol. The van der Waals surface area contributed by atoms with Crippen molar-refractivity contribution in [1.82, 2.24) is 10.8 Å². The molecule has 0 bridgehead atoms. The van der Waals surface area contributed by atoms with Crippen molar-refractivity contribution in [3.8, 4) is 0 Å². The molecule has 3 amide bonds. The van der Waals surface area contributed by atoms with Crippen LogP contribution in [0.25, 0.3) is 0 Å². The molecule has 1 saturated heterocycles. The predicted octanol–water partition coefficient (Wildman–Crippen LogP) is -2.20. The standard InChI is InChI=1S/C7H11N3O4/c8-5(11)3-14-10-7(13)4-1-2-6(12)9-4/h4H,1-3H2,(H2,8,11)(H,9,12)(H,10,13). The highest BCUT2D eigenvalue weighted by Gasteiger charge is 2.27. The Labute approximate surface area is 79.9 Å². The molecule has 1 atom stereocenters. The number of hydroxylamine groups is 1. The summed E-state index contributed by atoms with van der Waals surface area (Å²) >= 11 is 0. The molecule has 1 aliphatic rings. The molecule has 0 spiro atoms. The van der Waals surface area contributed by atoms with Crippen molar-refractivity contribution in [1.29, 1.82) is 0 Å². The van der Waals surface area contributed by atoms with E-state index in [2.05, 4.69) is 10.2 Å². The third kappa shape index (κ3) is 3.02. The SMILES string of the molecule is NC(=O)CONC(=O)C1CCC(=O)N1. The van der Waals surface area contributed by atoms with E-state index >= 15 is 0 Å². The van der Waals surface area contributed by atoms with Crippen molar-refractivity contribution in [3.05, 3.63) is 0 Å². The third-order valence-corrected chi connectivity index (χ3v) is 1.70. The van der Waals surface area contributed by atoms with Crippen LogP contribution in [0.3, 0.4) is 0 Å². The molecule has 78 valence electrons. The fourth-order valence-electron chi connectivity index (χ4n) is 1.06. The Bertz CT molecular complexity index is 266. The van der Waals surface area contributed by atoms with Gasteiger partial charge in [-0.25, -0.2) is 5.48 Å². The lowest BCUT2D eigenvalue weighted by Crippen LogP contribution is -2.42. The van der Waals surface area contributed by atoms with Crippen molar-refractivity contribution >= 4 is 17.7 Å². The molecule has 0 aromatic heterocycles. The molecule has 0 aliphatic carbocycles. The molecular weight excluding hydrogens is 190 g/mol. The van der Waals surface area contributed by atoms with Gasteiger partial charge in [0.15, 0.2) is 6.61 Å². The number of nitrogens with two attached hydrogens (primary N) is 1. The van der Waals surface area contributed by atoms with Gasteiger partial charge in [0.2, 0.25) is 11.8 Å². The van der Waals surface area contributed by atoms with Crippen LogP contribution in [0.1, 0.15) is 12.8 Å². The number of rotatable bonds is 4. The van der Waals surface area contributed by atoms with Crippen LogP contribution < -0.4 is 16.5 Å². The first-order chi connectivity index (χ1) is 6.59. The van der Waals surface area contributed by atoms with Gasteiger partial charge in [-0.05, 0) is 6.42 Å². The van der Waals surface area contributed by atoms with Crippen LogP contribution >= 0.6 is 0 Å². The summed E-state index contributed by atoms with van der Waals surface area (Å²) in [5.41, 5.74) is 6.79. The van der Waals surface area contributed by atoms with Gasteiger partial charge in [-0.1, -0.05) is 0 Å². The molecule has 7 heteroatoms. The average Bonchev–Trinajstić information content (AvgIpc) is 2.51. The summed E-state index contributed by atoms with van der Waals surface area (Å²) in [6, 6.07) is -0.574. The second-order valence-electron chi connectivity index (χ2n) is 2.88. The van der Waals surface area contributed by atoms with Crippen LogP contribution in [0.2, 0.25) is 0 Å². The first kappa shape index (κ1) is 10.5. The number of nitrogens with one attached hydrogen (secondary N) is 2. The minimum atomic E-state index is -0.680. The summed E-state index contributed by atoms with van der Waals surface area (Å²) in [6.45, 7) is -0.383. The van der Waals surface area contributed by atoms with Gasteiger partial charge in [0.1, 0.15) is 6.04 Å². The fourth-order valence-corrected chi connectivity index (χ4v) is 1.06. The number of amides is 3. The molecule has 1 fully saturated rings. The van der Waals surface area contributed by atoms with E-state index in [9.17, 15) is 14.4 Å². The van der Waals surface area contributed by atoms with Gasteiger partial charge in [0.25, 0.3) is 5.91 Å². The molecule has 1 aliphatic heterocycles. The van der Waals surface area contributed by atoms with Crippen LogP contribution in [0.4, 0.5) is 0 Å². The summed E-state index contributed by atoms with van der Waals surface area (Å²) in [4.78, 5) is 36.6. The minimum absolute atomic E-state index is 0.167. The Morgan fingerprint density at radius 2 is 2.36 bits per heavy atom. The molecule has 1 heterocycles. The number of hydrogen-bond acceptors (Lipinski definition) is 4. The Morgan fingerprint density at radius 3 is 2.86 bits per heavy atom. The summed E-state index contributed by atoms with van der Waals surface area (Å²) in [5, 5.41) is 2.44. The largest absolute Gasteiger partial charge is 0.368 e. The van der Waals surface area contributed by atoms with E-state index in [4.69, 9.17) is 5.73 Å². The summed E-state index contributed by atoms with van der Waals surface area (Å²) in [6.07, 6.45) is 0.762. The summed E-state index contributed by atoms with van der Waals surface area (Å²) in [7, 11) is 0. The molecule has 1 rings (SSSR count). The third-order valence-electron chi connectivity index (χ3n) is 1.70. The van der Waals surface area contributed by atoms with E-state index in [1.54, 1.807) is 0 Å². The second kappa shape index (κ2) is 4.56. The van der Waals surface area contributed by atoms with E-state index < -0.39 is 17.9 Å². The molecule has 1 unspecified atom stereocenters. The Balaban J connectivity index is 2.22. The lowest BCUT2D eigenvalue weighted by atomic mass is 10.2. The zero-order chi connectivity index (χ0) is 10.6. The average molecular weight is 201 g/mol. The highest BCUT2D eigenvalue weighted by molar-refractivity contribution is 5.90. The first-order valence-corrected chi connectivity index (χ1v) is 4.09. The minimum Gasteiger partial charge on any atom is -0.368 e. The quantitative estimate of drug-likeness (QED) is 0.448. The van der Waals surface area contributed by atoms with Gasteiger partial charge in [-0.15, -0.1) is 0 Å². The Kier molecular flexibility index (Phi) is 3.41. The van der Waals surface area contributed by atoms with Gasteiger partial charge >= 0.3 is 0 Å².